The van der Waals surface area contributed by atoms with E-state index in [-0.39, 0.29) is 40.5 Å². The van der Waals surface area contributed by atoms with Gasteiger partial charge in [-0.05, 0) is 91.6 Å². The first-order chi connectivity index (χ1) is 29.3. The lowest BCUT2D eigenvalue weighted by atomic mass is 9.73. The lowest BCUT2D eigenvalue weighted by molar-refractivity contribution is -0.144. The highest BCUT2D eigenvalue weighted by atomic mass is 32.2. The first-order valence-electron chi connectivity index (χ1n) is 22.8. The summed E-state index contributed by atoms with van der Waals surface area (Å²) in [6, 6.07) is 6.47. The maximum atomic E-state index is 15.2. The number of allylic oxidation sites excluding steroid dienone is 1. The molecule has 4 N–H and O–H groups in total. The summed E-state index contributed by atoms with van der Waals surface area (Å²) in [7, 11) is -4.04. The van der Waals surface area contributed by atoms with E-state index in [9.17, 15) is 27.6 Å². The topological polar surface area (TPSA) is 187 Å². The van der Waals surface area contributed by atoms with E-state index in [0.29, 0.717) is 38.0 Å². The minimum Gasteiger partial charge on any atom is -0.353 e. The van der Waals surface area contributed by atoms with Crippen molar-refractivity contribution in [2.24, 2.45) is 38.9 Å². The van der Waals surface area contributed by atoms with Crippen molar-refractivity contribution < 1.29 is 32.4 Å². The molecule has 0 bridgehead atoms. The largest absolute Gasteiger partial charge is 0.353 e. The van der Waals surface area contributed by atoms with Gasteiger partial charge in [-0.2, -0.15) is 12.7 Å². The van der Waals surface area contributed by atoms with Crippen LogP contribution in [-0.2, 0) is 29.4 Å². The van der Waals surface area contributed by atoms with E-state index in [1.165, 1.54) is 10.5 Å². The average molecular weight is 872 g/mol. The molecule has 336 valence electrons. The van der Waals surface area contributed by atoms with Gasteiger partial charge in [-0.25, -0.2) is 4.72 Å². The number of hydrogen-bond donors (Lipinski definition) is 4. The van der Waals surface area contributed by atoms with Crippen molar-refractivity contribution >= 4 is 50.6 Å². The third-order valence-electron chi connectivity index (χ3n) is 16.4. The van der Waals surface area contributed by atoms with E-state index in [1.54, 1.807) is 17.0 Å². The molecular weight excluding hydrogens is 807 g/mol. The third-order valence-corrected chi connectivity index (χ3v) is 17.9. The predicted octanol–water partition coefficient (Wildman–Crippen LogP) is 5.01. The van der Waals surface area contributed by atoms with Crippen LogP contribution in [-0.4, -0.2) is 96.4 Å². The van der Waals surface area contributed by atoms with Crippen LogP contribution in [0.5, 0.6) is 0 Å². The van der Waals surface area contributed by atoms with Gasteiger partial charge in [-0.3, -0.25) is 29.0 Å². The maximum absolute atomic E-state index is 15.2. The number of likely N-dealkylation sites (tertiary alicyclic amines) is 1. The number of hydrogen-bond acceptors (Lipinski definition) is 8. The second-order valence-corrected chi connectivity index (χ2v) is 22.5. The first-order valence-corrected chi connectivity index (χ1v) is 24.2. The Kier molecular flexibility index (Phi) is 11.4. The van der Waals surface area contributed by atoms with E-state index in [1.807, 2.05) is 45.0 Å². The van der Waals surface area contributed by atoms with Gasteiger partial charge < -0.3 is 20.9 Å². The van der Waals surface area contributed by atoms with E-state index in [0.717, 1.165) is 75.1 Å². The zero-order valence-corrected chi connectivity index (χ0v) is 37.9. The molecule has 5 amide bonds. The van der Waals surface area contributed by atoms with Crippen LogP contribution in [0, 0.1) is 38.9 Å². The van der Waals surface area contributed by atoms with Gasteiger partial charge >= 0.3 is 10.2 Å². The molecule has 6 aliphatic rings. The minimum absolute atomic E-state index is 0.00249. The Morgan fingerprint density at radius 3 is 2.24 bits per heavy atom. The average Bonchev–Trinajstić information content (AvgIpc) is 3.69. The molecular formula is C47H65N7O7S. The molecule has 4 aliphatic carbocycles. The molecule has 1 aromatic carbocycles. The van der Waals surface area contributed by atoms with Crippen molar-refractivity contribution in [2.45, 2.75) is 130 Å². The lowest BCUT2D eigenvalue weighted by Gasteiger charge is -2.38. The molecule has 14 nitrogen and oxygen atoms in total. The molecule has 15 heteroatoms. The number of aromatic nitrogens is 1. The minimum atomic E-state index is -4.04. The Hall–Kier alpha value is -4.37. The normalized spacial score (nSPS) is 28.8. The summed E-state index contributed by atoms with van der Waals surface area (Å²) in [5.41, 5.74) is -1.31. The standard InChI is InChI=1S/C47H65N7O7S/c1-7-33-25-45(33,42(59)52-62(60,61)53-22-13-14-23-53)28-49-39(56)35-26-47(44(5,6)46(47)20-15-21-46)29-54(35)41(58)37(43(2,3)4)51-40(57)36(30-16-9-8-10-17-30)50-38(55)32-24-31-18-11-12-19-34(31)48-27-32/h7,11-12,18-19,24,27,30,33,35-37H,1,8-10,13-17,20-23,25-26,28-29H2,2-6H3,(H,49,56)(H,50,55)(H,51,57)(H,52,59)/t33-,35+,36+,37-,45-,47-/m1/s1. The van der Waals surface area contributed by atoms with Gasteiger partial charge in [0, 0.05) is 43.2 Å². The molecule has 6 atom stereocenters. The number of pyridine rings is 1. The molecule has 0 unspecified atom stereocenters. The SMILES string of the molecule is C=C[C@@H]1C[C@]1(CNC(=O)[C@@H]1C[C@@]2(CN1C(=O)[C@@H](NC(=O)[C@@H](NC(=O)c1cnc3ccccc3c1)C1CCCCC1)C(C)(C)C)C(C)(C)C21CCC1)C(=O)NS(=O)(=O)N1CCCC1. The fourth-order valence-corrected chi connectivity index (χ4v) is 13.5. The molecule has 2 aliphatic heterocycles. The molecule has 2 aromatic rings. The van der Waals surface area contributed by atoms with Crippen LogP contribution in [0.15, 0.2) is 49.2 Å². The van der Waals surface area contributed by atoms with Gasteiger partial charge in [0.05, 0.1) is 16.5 Å². The molecule has 0 radical (unpaired) electrons. The van der Waals surface area contributed by atoms with Gasteiger partial charge in [0.25, 0.3) is 5.91 Å². The van der Waals surface area contributed by atoms with E-state index in [4.69, 9.17) is 0 Å². The predicted molar refractivity (Wildman–Crippen MR) is 235 cm³/mol. The van der Waals surface area contributed by atoms with Gasteiger partial charge in [0.2, 0.25) is 23.6 Å². The summed E-state index contributed by atoms with van der Waals surface area (Å²) in [6.07, 6.45) is 12.9. The van der Waals surface area contributed by atoms with Crippen LogP contribution in [0.1, 0.15) is 122 Å². The van der Waals surface area contributed by atoms with Crippen molar-refractivity contribution in [3.05, 3.63) is 54.7 Å². The fourth-order valence-electron chi connectivity index (χ4n) is 12.2. The Balaban J connectivity index is 1.03. The number of amides is 5. The Morgan fingerprint density at radius 2 is 1.63 bits per heavy atom. The molecule has 3 heterocycles. The molecule has 8 rings (SSSR count). The molecule has 2 saturated heterocycles. The number of benzene rings is 1. The Morgan fingerprint density at radius 1 is 0.935 bits per heavy atom. The molecule has 2 spiro atoms. The van der Waals surface area contributed by atoms with Crippen LogP contribution >= 0.6 is 0 Å². The number of nitrogens with zero attached hydrogens (tertiary/aromatic N) is 3. The van der Waals surface area contributed by atoms with Crippen LogP contribution in [0.3, 0.4) is 0 Å². The van der Waals surface area contributed by atoms with Gasteiger partial charge in [0.15, 0.2) is 0 Å². The highest BCUT2D eigenvalue weighted by molar-refractivity contribution is 7.87. The first kappa shape index (κ1) is 44.2. The second kappa shape index (κ2) is 16.0. The molecule has 6 fully saturated rings. The summed E-state index contributed by atoms with van der Waals surface area (Å²) < 4.78 is 29.8. The number of carbonyl (C=O) groups excluding carboxylic acids is 5. The van der Waals surface area contributed by atoms with Crippen molar-refractivity contribution in [1.82, 2.24) is 34.9 Å². The van der Waals surface area contributed by atoms with Gasteiger partial charge in [-0.1, -0.05) is 84.6 Å². The summed E-state index contributed by atoms with van der Waals surface area (Å²) >= 11 is 0. The molecule has 4 saturated carbocycles. The van der Waals surface area contributed by atoms with E-state index >= 15 is 4.79 Å². The van der Waals surface area contributed by atoms with Crippen LogP contribution in [0.2, 0.25) is 0 Å². The number of rotatable bonds is 13. The van der Waals surface area contributed by atoms with Crippen molar-refractivity contribution in [3.63, 3.8) is 0 Å². The maximum Gasteiger partial charge on any atom is 0.303 e. The molecule has 1 aromatic heterocycles. The summed E-state index contributed by atoms with van der Waals surface area (Å²) in [5, 5.41) is 9.98. The van der Waals surface area contributed by atoms with Gasteiger partial charge in [-0.15, -0.1) is 6.58 Å². The summed E-state index contributed by atoms with van der Waals surface area (Å²) in [6.45, 7) is 14.9. The number of nitrogens with one attached hydrogen (secondary N) is 4. The fraction of sp³-hybridized carbons (Fsp3) is 0.660. The van der Waals surface area contributed by atoms with Crippen LogP contribution in [0.4, 0.5) is 0 Å². The van der Waals surface area contributed by atoms with E-state index in [2.05, 4.69) is 46.1 Å². The van der Waals surface area contributed by atoms with Gasteiger partial charge in [0.1, 0.15) is 18.1 Å². The Bertz CT molecular complexity index is 2260. The Labute approximate surface area is 366 Å². The zero-order valence-electron chi connectivity index (χ0n) is 37.1. The van der Waals surface area contributed by atoms with Crippen molar-refractivity contribution in [3.8, 4) is 0 Å². The highest BCUT2D eigenvalue weighted by Crippen LogP contribution is 2.88. The zero-order chi connectivity index (χ0) is 44.5. The smallest absolute Gasteiger partial charge is 0.303 e. The van der Waals surface area contributed by atoms with Crippen LogP contribution < -0.4 is 20.7 Å². The van der Waals surface area contributed by atoms with Crippen LogP contribution in [0.25, 0.3) is 10.9 Å². The number of para-hydroxylation sites is 1. The quantitative estimate of drug-likeness (QED) is 0.203. The van der Waals surface area contributed by atoms with Crippen molar-refractivity contribution in [2.75, 3.05) is 26.2 Å². The second-order valence-electron chi connectivity index (χ2n) is 20.9. The monoisotopic (exact) mass is 871 g/mol. The number of carbonyl (C=O) groups is 5. The molecule has 62 heavy (non-hydrogen) atoms. The number of fused-ring (bicyclic) bond motifs is 2. The summed E-state index contributed by atoms with van der Waals surface area (Å²) in [4.78, 5) is 78.2. The third kappa shape index (κ3) is 7.42. The van der Waals surface area contributed by atoms with E-state index < -0.39 is 62.8 Å². The highest BCUT2D eigenvalue weighted by Gasteiger charge is 2.85. The van der Waals surface area contributed by atoms with Crippen molar-refractivity contribution in [1.29, 1.82) is 0 Å². The summed E-state index contributed by atoms with van der Waals surface area (Å²) in [5.74, 6) is -2.77. The lowest BCUT2D eigenvalue weighted by Crippen LogP contribution is -2.61.